The second-order valence-corrected chi connectivity index (χ2v) is 6.62. The first kappa shape index (κ1) is 15.6. The lowest BCUT2D eigenvalue weighted by Crippen LogP contribution is -2.23. The van der Waals surface area contributed by atoms with Crippen LogP contribution in [0, 0.1) is 24.0 Å². The molecule has 0 N–H and O–H groups in total. The van der Waals surface area contributed by atoms with Gasteiger partial charge in [-0.15, -0.1) is 11.3 Å². The molecule has 0 aliphatic carbocycles. The van der Waals surface area contributed by atoms with Gasteiger partial charge in [0.25, 0.3) is 0 Å². The molecule has 3 aromatic rings. The number of hydrogen-bond acceptors (Lipinski definition) is 6. The van der Waals surface area contributed by atoms with Crippen molar-refractivity contribution < 1.29 is 4.92 Å². The summed E-state index contributed by atoms with van der Waals surface area (Å²) in [4.78, 5) is 17.3. The van der Waals surface area contributed by atoms with Crippen molar-refractivity contribution in [2.75, 3.05) is 7.05 Å². The quantitative estimate of drug-likeness (QED) is 0.530. The standard InChI is InChI=1S/C15H17N5O2S/c1-10-15(20(21)22)11(2)19(17-10)9-18(3)8-14-16-12-6-4-5-7-13(12)23-14/h4-7H,8-9H2,1-3H3. The Morgan fingerprint density at radius 2 is 2.09 bits per heavy atom. The molecule has 0 aliphatic rings. The van der Waals surface area contributed by atoms with Crippen LogP contribution in [0.4, 0.5) is 5.69 Å². The average Bonchev–Trinajstić information content (AvgIpc) is 2.99. The molecule has 0 saturated heterocycles. The van der Waals surface area contributed by atoms with Gasteiger partial charge >= 0.3 is 5.69 Å². The summed E-state index contributed by atoms with van der Waals surface area (Å²) in [5.41, 5.74) is 2.12. The molecular formula is C15H17N5O2S. The Bertz CT molecular complexity index is 837. The molecule has 0 amide bonds. The predicted octanol–water partition coefficient (Wildman–Crippen LogP) is 3.11. The number of aryl methyl sites for hydroxylation is 1. The van der Waals surface area contributed by atoms with Crippen LogP contribution in [0.2, 0.25) is 0 Å². The summed E-state index contributed by atoms with van der Waals surface area (Å²) >= 11 is 1.66. The van der Waals surface area contributed by atoms with E-state index in [9.17, 15) is 10.1 Å². The number of fused-ring (bicyclic) bond motifs is 1. The topological polar surface area (TPSA) is 77.1 Å². The van der Waals surface area contributed by atoms with Crippen LogP contribution >= 0.6 is 11.3 Å². The van der Waals surface area contributed by atoms with E-state index >= 15 is 0 Å². The molecule has 0 saturated carbocycles. The molecule has 0 radical (unpaired) electrons. The number of nitrogens with zero attached hydrogens (tertiary/aromatic N) is 5. The van der Waals surface area contributed by atoms with Crippen LogP contribution in [0.1, 0.15) is 16.4 Å². The third-order valence-electron chi connectivity index (χ3n) is 3.64. The highest BCUT2D eigenvalue weighted by atomic mass is 32.1. The summed E-state index contributed by atoms with van der Waals surface area (Å²) in [6.07, 6.45) is 0. The predicted molar refractivity (Wildman–Crippen MR) is 89.4 cm³/mol. The molecular weight excluding hydrogens is 314 g/mol. The molecule has 2 aromatic heterocycles. The van der Waals surface area contributed by atoms with Gasteiger partial charge in [0.05, 0.1) is 28.4 Å². The highest BCUT2D eigenvalue weighted by molar-refractivity contribution is 7.18. The highest BCUT2D eigenvalue weighted by Crippen LogP contribution is 2.24. The van der Waals surface area contributed by atoms with Gasteiger partial charge in [0, 0.05) is 0 Å². The number of rotatable bonds is 5. The summed E-state index contributed by atoms with van der Waals surface area (Å²) in [6, 6.07) is 8.04. The summed E-state index contributed by atoms with van der Waals surface area (Å²) in [5.74, 6) is 0. The second kappa shape index (κ2) is 6.05. The zero-order chi connectivity index (χ0) is 16.6. The minimum absolute atomic E-state index is 0.0957. The van der Waals surface area contributed by atoms with Gasteiger partial charge in [0.15, 0.2) is 0 Å². The molecule has 0 fully saturated rings. The third kappa shape index (κ3) is 3.08. The molecule has 7 nitrogen and oxygen atoms in total. The van der Waals surface area contributed by atoms with Crippen LogP contribution in [-0.4, -0.2) is 31.6 Å². The first-order chi connectivity index (χ1) is 11.0. The van der Waals surface area contributed by atoms with Crippen molar-refractivity contribution in [3.63, 3.8) is 0 Å². The molecule has 1 aromatic carbocycles. The maximum absolute atomic E-state index is 11.1. The normalized spacial score (nSPS) is 11.5. The monoisotopic (exact) mass is 331 g/mol. The Hall–Kier alpha value is -2.32. The lowest BCUT2D eigenvalue weighted by Gasteiger charge is -2.15. The van der Waals surface area contributed by atoms with Gasteiger partial charge in [-0.1, -0.05) is 12.1 Å². The summed E-state index contributed by atoms with van der Waals surface area (Å²) in [6.45, 7) is 4.54. The van der Waals surface area contributed by atoms with Gasteiger partial charge in [-0.3, -0.25) is 15.0 Å². The first-order valence-electron chi connectivity index (χ1n) is 7.17. The zero-order valence-electron chi connectivity index (χ0n) is 13.2. The van der Waals surface area contributed by atoms with Crippen LogP contribution < -0.4 is 0 Å². The van der Waals surface area contributed by atoms with E-state index in [1.807, 2.05) is 30.1 Å². The number of thiazole rings is 1. The van der Waals surface area contributed by atoms with E-state index in [4.69, 9.17) is 0 Å². The Kier molecular flexibility index (Phi) is 4.10. The highest BCUT2D eigenvalue weighted by Gasteiger charge is 2.22. The van der Waals surface area contributed by atoms with Crippen molar-refractivity contribution in [1.82, 2.24) is 19.7 Å². The van der Waals surface area contributed by atoms with E-state index in [1.54, 1.807) is 29.9 Å². The van der Waals surface area contributed by atoms with Crippen molar-refractivity contribution in [1.29, 1.82) is 0 Å². The molecule has 120 valence electrons. The second-order valence-electron chi connectivity index (χ2n) is 5.51. The maximum atomic E-state index is 11.1. The lowest BCUT2D eigenvalue weighted by atomic mass is 10.3. The molecule has 8 heteroatoms. The Morgan fingerprint density at radius 3 is 2.74 bits per heavy atom. The number of aromatic nitrogens is 3. The Labute approximate surface area is 137 Å². The minimum atomic E-state index is -0.373. The average molecular weight is 331 g/mol. The Balaban J connectivity index is 1.75. The fourth-order valence-electron chi connectivity index (χ4n) is 2.59. The van der Waals surface area contributed by atoms with Gasteiger partial charge < -0.3 is 0 Å². The van der Waals surface area contributed by atoms with E-state index in [0.717, 1.165) is 15.2 Å². The number of para-hydroxylation sites is 1. The first-order valence-corrected chi connectivity index (χ1v) is 7.98. The number of nitro groups is 1. The van der Waals surface area contributed by atoms with E-state index < -0.39 is 0 Å². The third-order valence-corrected chi connectivity index (χ3v) is 4.67. The largest absolute Gasteiger partial charge is 0.312 e. The zero-order valence-corrected chi connectivity index (χ0v) is 14.0. The van der Waals surface area contributed by atoms with Crippen LogP contribution in [-0.2, 0) is 13.2 Å². The van der Waals surface area contributed by atoms with Crippen LogP contribution in [0.15, 0.2) is 24.3 Å². The fourth-order valence-corrected chi connectivity index (χ4v) is 3.63. The maximum Gasteiger partial charge on any atom is 0.312 e. The van der Waals surface area contributed by atoms with Crippen molar-refractivity contribution in [3.8, 4) is 0 Å². The minimum Gasteiger partial charge on any atom is -0.281 e. The van der Waals surface area contributed by atoms with Crippen LogP contribution in [0.25, 0.3) is 10.2 Å². The molecule has 0 aliphatic heterocycles. The summed E-state index contributed by atoms with van der Waals surface area (Å²) in [5, 5.41) is 16.4. The van der Waals surface area contributed by atoms with Gasteiger partial charge in [-0.05, 0) is 33.0 Å². The molecule has 0 bridgehead atoms. The van der Waals surface area contributed by atoms with Crippen molar-refractivity contribution in [2.45, 2.75) is 27.1 Å². The molecule has 2 heterocycles. The van der Waals surface area contributed by atoms with E-state index in [2.05, 4.69) is 16.1 Å². The van der Waals surface area contributed by atoms with Crippen molar-refractivity contribution in [2.24, 2.45) is 0 Å². The van der Waals surface area contributed by atoms with Gasteiger partial charge in [0.1, 0.15) is 16.4 Å². The Morgan fingerprint density at radius 1 is 1.35 bits per heavy atom. The van der Waals surface area contributed by atoms with Crippen LogP contribution in [0.5, 0.6) is 0 Å². The van der Waals surface area contributed by atoms with E-state index in [-0.39, 0.29) is 10.6 Å². The van der Waals surface area contributed by atoms with Gasteiger partial charge in [0.2, 0.25) is 0 Å². The van der Waals surface area contributed by atoms with Crippen molar-refractivity contribution in [3.05, 3.63) is 50.8 Å². The molecule has 0 unspecified atom stereocenters. The van der Waals surface area contributed by atoms with Crippen LogP contribution in [0.3, 0.4) is 0 Å². The molecule has 0 spiro atoms. The number of benzene rings is 1. The SMILES string of the molecule is Cc1nn(CN(C)Cc2nc3ccccc3s2)c(C)c1[N+](=O)[O-]. The van der Waals surface area contributed by atoms with Crippen molar-refractivity contribution >= 4 is 27.2 Å². The fraction of sp³-hybridized carbons (Fsp3) is 0.333. The summed E-state index contributed by atoms with van der Waals surface area (Å²) < 4.78 is 2.83. The summed E-state index contributed by atoms with van der Waals surface area (Å²) in [7, 11) is 1.95. The lowest BCUT2D eigenvalue weighted by molar-refractivity contribution is -0.386. The van der Waals surface area contributed by atoms with E-state index in [1.165, 1.54) is 0 Å². The van der Waals surface area contributed by atoms with Gasteiger partial charge in [-0.25, -0.2) is 9.67 Å². The van der Waals surface area contributed by atoms with Gasteiger partial charge in [-0.2, -0.15) is 5.10 Å². The smallest absolute Gasteiger partial charge is 0.281 e. The van der Waals surface area contributed by atoms with E-state index in [0.29, 0.717) is 24.6 Å². The number of hydrogen-bond donors (Lipinski definition) is 0. The molecule has 3 rings (SSSR count). The molecule has 23 heavy (non-hydrogen) atoms. The molecule has 0 atom stereocenters.